The van der Waals surface area contributed by atoms with Crippen LogP contribution >= 0.6 is 0 Å². The van der Waals surface area contributed by atoms with Gasteiger partial charge in [0.2, 0.25) is 5.91 Å². The Kier molecular flexibility index (Phi) is 3.70. The highest BCUT2D eigenvalue weighted by molar-refractivity contribution is 5.79. The number of rotatable bonds is 3. The molecule has 2 rings (SSSR count). The maximum Gasteiger partial charge on any atom is 0.234 e. The van der Waals surface area contributed by atoms with Gasteiger partial charge in [-0.1, -0.05) is 0 Å². The maximum atomic E-state index is 11.2. The van der Waals surface area contributed by atoms with Crippen LogP contribution in [0.3, 0.4) is 0 Å². The lowest BCUT2D eigenvalue weighted by molar-refractivity contribution is -0.184. The molecule has 2 N–H and O–H groups in total. The molecule has 5 heteroatoms. The van der Waals surface area contributed by atoms with Gasteiger partial charge in [0.15, 0.2) is 5.79 Å². The molecule has 1 aliphatic heterocycles. The highest BCUT2D eigenvalue weighted by atomic mass is 16.7. The summed E-state index contributed by atoms with van der Waals surface area (Å²) >= 11 is 0. The second-order valence-corrected chi connectivity index (χ2v) is 5.08. The number of nitrogens with zero attached hydrogens (tertiary/aromatic N) is 1. The van der Waals surface area contributed by atoms with E-state index in [-0.39, 0.29) is 17.7 Å². The molecule has 5 nitrogen and oxygen atoms in total. The first kappa shape index (κ1) is 12.8. The Labute approximate surface area is 102 Å². The van der Waals surface area contributed by atoms with Crippen molar-refractivity contribution >= 4 is 5.91 Å². The Morgan fingerprint density at radius 1 is 1.35 bits per heavy atom. The van der Waals surface area contributed by atoms with Gasteiger partial charge in [-0.25, -0.2) is 0 Å². The molecular formula is C12H22N2O3. The van der Waals surface area contributed by atoms with Gasteiger partial charge in [0.05, 0.1) is 19.3 Å². The molecule has 1 atom stereocenters. The number of ether oxygens (including phenoxy) is 2. The number of primary amides is 1. The van der Waals surface area contributed by atoms with Crippen molar-refractivity contribution in [1.82, 2.24) is 4.90 Å². The lowest BCUT2D eigenvalue weighted by Gasteiger charge is -2.40. The average Bonchev–Trinajstić information content (AvgIpc) is 2.76. The van der Waals surface area contributed by atoms with Crippen LogP contribution in [0.25, 0.3) is 0 Å². The van der Waals surface area contributed by atoms with E-state index in [1.165, 1.54) is 0 Å². The molecule has 1 aliphatic carbocycles. The summed E-state index contributed by atoms with van der Waals surface area (Å²) < 4.78 is 11.4. The summed E-state index contributed by atoms with van der Waals surface area (Å²) in [4.78, 5) is 13.2. The van der Waals surface area contributed by atoms with Gasteiger partial charge in [-0.05, 0) is 26.8 Å². The van der Waals surface area contributed by atoms with Crippen molar-refractivity contribution in [3.05, 3.63) is 0 Å². The smallest absolute Gasteiger partial charge is 0.234 e. The minimum absolute atomic E-state index is 0.209. The Morgan fingerprint density at radius 2 is 1.88 bits per heavy atom. The van der Waals surface area contributed by atoms with Crippen LogP contribution in [0.5, 0.6) is 0 Å². The molecule has 0 aromatic rings. The monoisotopic (exact) mass is 242 g/mol. The molecule has 1 heterocycles. The van der Waals surface area contributed by atoms with Gasteiger partial charge in [0.25, 0.3) is 0 Å². The molecule has 17 heavy (non-hydrogen) atoms. The zero-order valence-electron chi connectivity index (χ0n) is 10.6. The van der Waals surface area contributed by atoms with Crippen LogP contribution in [0.1, 0.15) is 32.6 Å². The molecule has 98 valence electrons. The second-order valence-electron chi connectivity index (χ2n) is 5.08. The summed E-state index contributed by atoms with van der Waals surface area (Å²) in [7, 11) is 1.97. The molecule has 0 aromatic heterocycles. The fourth-order valence-corrected chi connectivity index (χ4v) is 2.75. The van der Waals surface area contributed by atoms with Crippen LogP contribution in [0.2, 0.25) is 0 Å². The molecule has 0 radical (unpaired) electrons. The predicted octanol–water partition coefficient (Wildman–Crippen LogP) is 0.478. The third-order valence-electron chi connectivity index (χ3n) is 4.13. The third kappa shape index (κ3) is 2.61. The third-order valence-corrected chi connectivity index (χ3v) is 4.13. The zero-order chi connectivity index (χ0) is 12.5. The van der Waals surface area contributed by atoms with E-state index < -0.39 is 0 Å². The van der Waals surface area contributed by atoms with E-state index in [2.05, 4.69) is 4.90 Å². The zero-order valence-corrected chi connectivity index (χ0v) is 10.6. The van der Waals surface area contributed by atoms with Crippen LogP contribution in [-0.2, 0) is 14.3 Å². The molecule has 1 saturated heterocycles. The first-order valence-electron chi connectivity index (χ1n) is 6.33. The van der Waals surface area contributed by atoms with E-state index in [0.29, 0.717) is 19.3 Å². The van der Waals surface area contributed by atoms with E-state index >= 15 is 0 Å². The Balaban J connectivity index is 1.88. The summed E-state index contributed by atoms with van der Waals surface area (Å²) in [5.74, 6) is -0.589. The molecular weight excluding hydrogens is 220 g/mol. The molecule has 1 amide bonds. The average molecular weight is 242 g/mol. The molecule has 1 saturated carbocycles. The van der Waals surface area contributed by atoms with Gasteiger partial charge < -0.3 is 15.2 Å². The normalized spacial score (nSPS) is 26.5. The van der Waals surface area contributed by atoms with E-state index in [1.807, 2.05) is 14.0 Å². The predicted molar refractivity (Wildman–Crippen MR) is 63.3 cm³/mol. The summed E-state index contributed by atoms with van der Waals surface area (Å²) in [6, 6.07) is 0.190. The van der Waals surface area contributed by atoms with Crippen molar-refractivity contribution in [3.8, 4) is 0 Å². The first-order chi connectivity index (χ1) is 8.04. The number of carbonyl (C=O) groups is 1. The minimum atomic E-state index is -0.326. The largest absolute Gasteiger partial charge is 0.368 e. The summed E-state index contributed by atoms with van der Waals surface area (Å²) in [5, 5.41) is 0. The number of hydrogen-bond acceptors (Lipinski definition) is 4. The highest BCUT2D eigenvalue weighted by Gasteiger charge is 2.41. The van der Waals surface area contributed by atoms with Crippen LogP contribution in [-0.4, -0.2) is 48.9 Å². The van der Waals surface area contributed by atoms with Crippen LogP contribution < -0.4 is 5.73 Å². The Hall–Kier alpha value is -0.650. The maximum absolute atomic E-state index is 11.2. The molecule has 2 aliphatic rings. The first-order valence-corrected chi connectivity index (χ1v) is 6.33. The second kappa shape index (κ2) is 4.92. The SMILES string of the molecule is CC(C(N)=O)N(C)C1CCC2(CC1)OCCO2. The minimum Gasteiger partial charge on any atom is -0.368 e. The van der Waals surface area contributed by atoms with Crippen LogP contribution in [0, 0.1) is 0 Å². The number of amides is 1. The Bertz CT molecular complexity index is 279. The molecule has 2 fully saturated rings. The quantitative estimate of drug-likeness (QED) is 0.781. The van der Waals surface area contributed by atoms with Crippen molar-refractivity contribution in [2.45, 2.75) is 50.5 Å². The van der Waals surface area contributed by atoms with Crippen LogP contribution in [0.4, 0.5) is 0 Å². The van der Waals surface area contributed by atoms with E-state index in [0.717, 1.165) is 25.7 Å². The molecule has 0 aromatic carbocycles. The van der Waals surface area contributed by atoms with Gasteiger partial charge >= 0.3 is 0 Å². The summed E-state index contributed by atoms with van der Waals surface area (Å²) in [5.41, 5.74) is 5.33. The number of nitrogens with two attached hydrogens (primary N) is 1. The van der Waals surface area contributed by atoms with Crippen molar-refractivity contribution in [2.75, 3.05) is 20.3 Å². The lowest BCUT2D eigenvalue weighted by Crippen LogP contribution is -2.49. The van der Waals surface area contributed by atoms with Crippen molar-refractivity contribution in [3.63, 3.8) is 0 Å². The van der Waals surface area contributed by atoms with Gasteiger partial charge in [0.1, 0.15) is 0 Å². The van der Waals surface area contributed by atoms with Gasteiger partial charge in [-0.3, -0.25) is 9.69 Å². The molecule has 1 spiro atoms. The Morgan fingerprint density at radius 3 is 2.35 bits per heavy atom. The van der Waals surface area contributed by atoms with E-state index in [9.17, 15) is 4.79 Å². The van der Waals surface area contributed by atoms with Crippen molar-refractivity contribution in [2.24, 2.45) is 5.73 Å². The summed E-state index contributed by atoms with van der Waals surface area (Å²) in [6.45, 7) is 3.27. The van der Waals surface area contributed by atoms with Gasteiger partial charge in [0, 0.05) is 18.9 Å². The van der Waals surface area contributed by atoms with Crippen molar-refractivity contribution < 1.29 is 14.3 Å². The van der Waals surface area contributed by atoms with E-state index in [1.54, 1.807) is 0 Å². The topological polar surface area (TPSA) is 64.8 Å². The molecule has 1 unspecified atom stereocenters. The fourth-order valence-electron chi connectivity index (χ4n) is 2.75. The summed E-state index contributed by atoms with van der Waals surface area (Å²) in [6.07, 6.45) is 3.81. The highest BCUT2D eigenvalue weighted by Crippen LogP contribution is 2.37. The van der Waals surface area contributed by atoms with Crippen molar-refractivity contribution in [1.29, 1.82) is 0 Å². The number of carbonyl (C=O) groups excluding carboxylic acids is 1. The standard InChI is InChI=1S/C12H22N2O3/c1-9(11(13)15)14(2)10-3-5-12(6-4-10)16-7-8-17-12/h9-10H,3-8H2,1-2H3,(H2,13,15). The molecule has 0 bridgehead atoms. The van der Waals surface area contributed by atoms with Gasteiger partial charge in [-0.15, -0.1) is 0 Å². The van der Waals surface area contributed by atoms with Crippen LogP contribution in [0.15, 0.2) is 0 Å². The fraction of sp³-hybridized carbons (Fsp3) is 0.917. The number of likely N-dealkylation sites (N-methyl/N-ethyl adjacent to an activating group) is 1. The van der Waals surface area contributed by atoms with E-state index in [4.69, 9.17) is 15.2 Å². The number of hydrogen-bond donors (Lipinski definition) is 1. The lowest BCUT2D eigenvalue weighted by atomic mass is 9.88. The van der Waals surface area contributed by atoms with Gasteiger partial charge in [-0.2, -0.15) is 0 Å².